The van der Waals surface area contributed by atoms with E-state index in [9.17, 15) is 9.59 Å². The normalized spacial score (nSPS) is 17.3. The molecule has 0 aliphatic carbocycles. The number of nitrogens with one attached hydrogen (secondary N) is 1. The molecule has 1 aliphatic heterocycles. The van der Waals surface area contributed by atoms with E-state index in [-0.39, 0.29) is 17.9 Å². The van der Waals surface area contributed by atoms with E-state index in [2.05, 4.69) is 21.7 Å². The number of benzene rings is 1. The molecule has 1 aromatic carbocycles. The van der Waals surface area contributed by atoms with Crippen LogP contribution >= 0.6 is 11.3 Å². The van der Waals surface area contributed by atoms with E-state index >= 15 is 0 Å². The lowest BCUT2D eigenvalue weighted by molar-refractivity contribution is -0.122. The van der Waals surface area contributed by atoms with Crippen molar-refractivity contribution in [2.24, 2.45) is 5.73 Å². The van der Waals surface area contributed by atoms with Gasteiger partial charge in [0.15, 0.2) is 0 Å². The molecule has 1 aromatic heterocycles. The van der Waals surface area contributed by atoms with E-state index in [0.717, 1.165) is 43.5 Å². The number of amides is 2. The van der Waals surface area contributed by atoms with Crippen LogP contribution < -0.4 is 11.1 Å². The topological polar surface area (TPSA) is 75.4 Å². The van der Waals surface area contributed by atoms with Gasteiger partial charge in [-0.1, -0.05) is 18.2 Å². The van der Waals surface area contributed by atoms with Gasteiger partial charge in [0.05, 0.1) is 6.04 Å². The van der Waals surface area contributed by atoms with Gasteiger partial charge < -0.3 is 11.1 Å². The molecule has 1 aliphatic rings. The highest BCUT2D eigenvalue weighted by Crippen LogP contribution is 2.21. The zero-order chi connectivity index (χ0) is 18.4. The summed E-state index contributed by atoms with van der Waals surface area (Å²) in [4.78, 5) is 27.1. The summed E-state index contributed by atoms with van der Waals surface area (Å²) in [6, 6.07) is 11.8. The van der Waals surface area contributed by atoms with Crippen LogP contribution in [0.25, 0.3) is 0 Å². The Hall–Kier alpha value is -2.18. The second kappa shape index (κ2) is 8.96. The highest BCUT2D eigenvalue weighted by Gasteiger charge is 2.28. The van der Waals surface area contributed by atoms with Gasteiger partial charge >= 0.3 is 0 Å². The van der Waals surface area contributed by atoms with Gasteiger partial charge in [-0.15, -0.1) is 11.3 Å². The fourth-order valence-electron chi connectivity index (χ4n) is 3.42. The Morgan fingerprint density at radius 1 is 1.27 bits per heavy atom. The first kappa shape index (κ1) is 18.6. The summed E-state index contributed by atoms with van der Waals surface area (Å²) in [5.41, 5.74) is 7.36. The molecule has 2 amide bonds. The minimum Gasteiger partial charge on any atom is -0.368 e. The predicted octanol–water partition coefficient (Wildman–Crippen LogP) is 3.16. The summed E-state index contributed by atoms with van der Waals surface area (Å²) in [7, 11) is 0. The van der Waals surface area contributed by atoms with E-state index < -0.39 is 0 Å². The Kier molecular flexibility index (Phi) is 6.41. The SMILES string of the molecule is NC(=O)C1CCCN1Cc1cccc(NC(=O)CCCc2cccs2)c1. The third-order valence-corrected chi connectivity index (χ3v) is 5.63. The Balaban J connectivity index is 1.50. The number of aryl methyl sites for hydroxylation is 1. The minimum absolute atomic E-state index is 0.0369. The predicted molar refractivity (Wildman–Crippen MR) is 105 cm³/mol. The molecule has 138 valence electrons. The van der Waals surface area contributed by atoms with Gasteiger partial charge in [0.2, 0.25) is 11.8 Å². The van der Waals surface area contributed by atoms with Crippen molar-refractivity contribution >= 4 is 28.8 Å². The van der Waals surface area contributed by atoms with Crippen LogP contribution in [-0.2, 0) is 22.6 Å². The van der Waals surface area contributed by atoms with Crippen LogP contribution in [0.2, 0.25) is 0 Å². The van der Waals surface area contributed by atoms with E-state index in [1.165, 1.54) is 4.88 Å². The van der Waals surface area contributed by atoms with Crippen LogP contribution in [0.3, 0.4) is 0 Å². The number of hydrogen-bond acceptors (Lipinski definition) is 4. The number of likely N-dealkylation sites (tertiary alicyclic amines) is 1. The Labute approximate surface area is 158 Å². The first-order chi connectivity index (χ1) is 12.6. The molecule has 1 unspecified atom stereocenters. The fraction of sp³-hybridized carbons (Fsp3) is 0.400. The van der Waals surface area contributed by atoms with Crippen LogP contribution in [0, 0.1) is 0 Å². The second-order valence-electron chi connectivity index (χ2n) is 6.71. The van der Waals surface area contributed by atoms with Gasteiger partial charge in [-0.2, -0.15) is 0 Å². The summed E-state index contributed by atoms with van der Waals surface area (Å²) in [6.07, 6.45) is 4.12. The molecule has 6 heteroatoms. The van der Waals surface area contributed by atoms with Crippen LogP contribution in [0.5, 0.6) is 0 Å². The highest BCUT2D eigenvalue weighted by atomic mass is 32.1. The van der Waals surface area contributed by atoms with Crippen molar-refractivity contribution in [3.8, 4) is 0 Å². The zero-order valence-electron chi connectivity index (χ0n) is 14.8. The van der Waals surface area contributed by atoms with Crippen molar-refractivity contribution < 1.29 is 9.59 Å². The van der Waals surface area contributed by atoms with Crippen molar-refractivity contribution in [3.63, 3.8) is 0 Å². The molecular formula is C20H25N3O2S. The summed E-state index contributed by atoms with van der Waals surface area (Å²) in [6.45, 7) is 1.56. The van der Waals surface area contributed by atoms with E-state index in [0.29, 0.717) is 13.0 Å². The largest absolute Gasteiger partial charge is 0.368 e. The smallest absolute Gasteiger partial charge is 0.234 e. The standard InChI is InChI=1S/C20H25N3O2S/c21-20(25)18-9-3-11-23(18)14-15-5-1-6-16(13-15)22-19(24)10-2-7-17-8-4-12-26-17/h1,4-6,8,12-13,18H,2-3,7,9-11,14H2,(H2,21,25)(H,22,24). The number of carbonyl (C=O) groups is 2. The fourth-order valence-corrected chi connectivity index (χ4v) is 4.17. The van der Waals surface area contributed by atoms with Gasteiger partial charge in [-0.05, 0) is 61.4 Å². The third kappa shape index (κ3) is 5.16. The molecule has 2 heterocycles. The lowest BCUT2D eigenvalue weighted by Crippen LogP contribution is -2.39. The number of thiophene rings is 1. The molecule has 0 saturated carbocycles. The lowest BCUT2D eigenvalue weighted by Gasteiger charge is -2.22. The Bertz CT molecular complexity index is 745. The Morgan fingerprint density at radius 2 is 2.15 bits per heavy atom. The van der Waals surface area contributed by atoms with Gasteiger partial charge in [-0.25, -0.2) is 0 Å². The first-order valence-corrected chi connectivity index (χ1v) is 9.94. The molecule has 1 saturated heterocycles. The van der Waals surface area contributed by atoms with Crippen molar-refractivity contribution in [3.05, 3.63) is 52.2 Å². The molecule has 26 heavy (non-hydrogen) atoms. The molecule has 0 radical (unpaired) electrons. The summed E-state index contributed by atoms with van der Waals surface area (Å²) >= 11 is 1.73. The van der Waals surface area contributed by atoms with Crippen LogP contribution in [-0.4, -0.2) is 29.3 Å². The van der Waals surface area contributed by atoms with Gasteiger partial charge in [-0.3, -0.25) is 14.5 Å². The highest BCUT2D eigenvalue weighted by molar-refractivity contribution is 7.09. The molecular weight excluding hydrogens is 346 g/mol. The second-order valence-corrected chi connectivity index (χ2v) is 7.74. The Morgan fingerprint density at radius 3 is 2.92 bits per heavy atom. The van der Waals surface area contributed by atoms with Crippen LogP contribution in [0.4, 0.5) is 5.69 Å². The average Bonchev–Trinajstić information content (AvgIpc) is 3.27. The van der Waals surface area contributed by atoms with Crippen molar-refractivity contribution in [2.75, 3.05) is 11.9 Å². The lowest BCUT2D eigenvalue weighted by atomic mass is 10.1. The molecule has 0 spiro atoms. The van der Waals surface area contributed by atoms with Gasteiger partial charge in [0.1, 0.15) is 0 Å². The number of rotatable bonds is 8. The summed E-state index contributed by atoms with van der Waals surface area (Å²) < 4.78 is 0. The molecule has 1 atom stereocenters. The van der Waals surface area contributed by atoms with Crippen molar-refractivity contribution in [2.45, 2.75) is 44.7 Å². The molecule has 2 aromatic rings. The van der Waals surface area contributed by atoms with Crippen LogP contribution in [0.15, 0.2) is 41.8 Å². The number of carbonyl (C=O) groups excluding carboxylic acids is 2. The van der Waals surface area contributed by atoms with E-state index in [1.54, 1.807) is 11.3 Å². The molecule has 3 rings (SSSR count). The van der Waals surface area contributed by atoms with Gasteiger partial charge in [0.25, 0.3) is 0 Å². The maximum Gasteiger partial charge on any atom is 0.234 e. The maximum absolute atomic E-state index is 12.2. The maximum atomic E-state index is 12.2. The van der Waals surface area contributed by atoms with E-state index in [4.69, 9.17) is 5.73 Å². The quantitative estimate of drug-likeness (QED) is 0.748. The van der Waals surface area contributed by atoms with Crippen LogP contribution in [0.1, 0.15) is 36.1 Å². The molecule has 3 N–H and O–H groups in total. The number of nitrogens with two attached hydrogens (primary N) is 1. The summed E-state index contributed by atoms with van der Waals surface area (Å²) in [5, 5.41) is 5.04. The summed E-state index contributed by atoms with van der Waals surface area (Å²) in [5.74, 6) is -0.215. The molecule has 1 fully saturated rings. The number of hydrogen-bond donors (Lipinski definition) is 2. The molecule has 0 bridgehead atoms. The molecule has 5 nitrogen and oxygen atoms in total. The zero-order valence-corrected chi connectivity index (χ0v) is 15.6. The monoisotopic (exact) mass is 371 g/mol. The van der Waals surface area contributed by atoms with Crippen molar-refractivity contribution in [1.29, 1.82) is 0 Å². The number of anilines is 1. The first-order valence-electron chi connectivity index (χ1n) is 9.06. The van der Waals surface area contributed by atoms with Gasteiger partial charge in [0, 0.05) is 23.5 Å². The third-order valence-electron chi connectivity index (χ3n) is 4.70. The number of nitrogens with zero attached hydrogens (tertiary/aromatic N) is 1. The number of primary amides is 1. The average molecular weight is 372 g/mol. The van der Waals surface area contributed by atoms with Crippen molar-refractivity contribution in [1.82, 2.24) is 4.90 Å². The van der Waals surface area contributed by atoms with E-state index in [1.807, 2.05) is 30.3 Å². The minimum atomic E-state index is -0.252.